The molecule has 1 atom stereocenters. The number of hydrogen-bond donors (Lipinski definition) is 3. The number of anilines is 1. The average molecular weight is 376 g/mol. The van der Waals surface area contributed by atoms with Crippen molar-refractivity contribution >= 4 is 40.2 Å². The number of carbonyl (C=O) groups excluding carboxylic acids is 1. The minimum Gasteiger partial charge on any atom is -0.480 e. The first-order valence-electron chi connectivity index (χ1n) is 5.91. The second-order valence-electron chi connectivity index (χ2n) is 4.40. The number of amides is 1. The molecule has 1 amide bonds. The summed E-state index contributed by atoms with van der Waals surface area (Å²) in [5, 5.41) is 14.6. The van der Waals surface area contributed by atoms with Gasteiger partial charge >= 0.3 is 5.97 Å². The van der Waals surface area contributed by atoms with E-state index < -0.39 is 11.5 Å². The lowest BCUT2D eigenvalue weighted by Crippen LogP contribution is -2.51. The number of nitrogens with one attached hydrogen (secondary N) is 2. The van der Waals surface area contributed by atoms with Gasteiger partial charge in [-0.3, -0.25) is 14.9 Å². The molecule has 1 unspecified atom stereocenters. The zero-order valence-corrected chi connectivity index (χ0v) is 13.0. The van der Waals surface area contributed by atoms with Gasteiger partial charge in [0, 0.05) is 9.26 Å². The lowest BCUT2D eigenvalue weighted by Gasteiger charge is -2.24. The summed E-state index contributed by atoms with van der Waals surface area (Å²) in [6.07, 6.45) is 0.402. The predicted molar refractivity (Wildman–Crippen MR) is 82.1 cm³/mol. The van der Waals surface area contributed by atoms with E-state index in [2.05, 4.69) is 33.2 Å². The summed E-state index contributed by atoms with van der Waals surface area (Å²) in [6.45, 7) is 3.29. The van der Waals surface area contributed by atoms with Gasteiger partial charge in [-0.2, -0.15) is 0 Å². The van der Waals surface area contributed by atoms with Crippen molar-refractivity contribution in [3.63, 3.8) is 0 Å². The van der Waals surface area contributed by atoms with Crippen molar-refractivity contribution in [2.24, 2.45) is 0 Å². The summed E-state index contributed by atoms with van der Waals surface area (Å²) >= 11 is 2.16. The Morgan fingerprint density at radius 1 is 1.42 bits per heavy atom. The largest absolute Gasteiger partial charge is 0.480 e. The molecule has 1 rings (SSSR count). The van der Waals surface area contributed by atoms with E-state index in [0.29, 0.717) is 12.1 Å². The highest BCUT2D eigenvalue weighted by atomic mass is 127. The molecular formula is C13H17IN2O3. The number of halogens is 1. The van der Waals surface area contributed by atoms with Crippen molar-refractivity contribution in [1.29, 1.82) is 0 Å². The first-order chi connectivity index (χ1) is 8.87. The predicted octanol–water partition coefficient (Wildman–Crippen LogP) is 2.07. The van der Waals surface area contributed by atoms with Crippen LogP contribution in [0.2, 0.25) is 0 Å². The van der Waals surface area contributed by atoms with Gasteiger partial charge in [-0.05, 0) is 54.1 Å². The Hall–Kier alpha value is -1.15. The van der Waals surface area contributed by atoms with Gasteiger partial charge in [0.25, 0.3) is 0 Å². The fourth-order valence-corrected chi connectivity index (χ4v) is 1.94. The van der Waals surface area contributed by atoms with Gasteiger partial charge in [0.2, 0.25) is 5.91 Å². The number of carbonyl (C=O) groups is 2. The molecule has 0 saturated carbocycles. The minimum atomic E-state index is -1.08. The second kappa shape index (κ2) is 6.85. The Morgan fingerprint density at radius 2 is 2.11 bits per heavy atom. The number of carboxylic acid groups (broad SMARTS) is 1. The van der Waals surface area contributed by atoms with E-state index in [1.54, 1.807) is 19.9 Å². The summed E-state index contributed by atoms with van der Waals surface area (Å²) in [5.74, 6) is -1.22. The molecule has 1 aromatic rings. The molecule has 104 valence electrons. The smallest absolute Gasteiger partial charge is 0.323 e. The Balaban J connectivity index is 2.55. The molecule has 0 spiro atoms. The van der Waals surface area contributed by atoms with Crippen molar-refractivity contribution in [1.82, 2.24) is 5.32 Å². The van der Waals surface area contributed by atoms with Gasteiger partial charge in [0.15, 0.2) is 0 Å². The van der Waals surface area contributed by atoms with Crippen LogP contribution in [0.15, 0.2) is 24.3 Å². The number of carboxylic acids is 1. The SMILES string of the molecule is CCC(C)(NCC(=O)Nc1cccc(I)c1)C(=O)O. The summed E-state index contributed by atoms with van der Waals surface area (Å²) in [7, 11) is 0. The summed E-state index contributed by atoms with van der Waals surface area (Å²) in [4.78, 5) is 22.8. The standard InChI is InChI=1S/C13H17IN2O3/c1-3-13(2,12(18)19)15-8-11(17)16-10-6-4-5-9(14)7-10/h4-7,15H,3,8H2,1-2H3,(H,16,17)(H,18,19). The van der Waals surface area contributed by atoms with Crippen LogP contribution in [0.1, 0.15) is 20.3 Å². The molecule has 0 aliphatic carbocycles. The van der Waals surface area contributed by atoms with E-state index in [9.17, 15) is 9.59 Å². The van der Waals surface area contributed by atoms with Gasteiger partial charge in [0.05, 0.1) is 6.54 Å². The lowest BCUT2D eigenvalue weighted by molar-refractivity contribution is -0.144. The van der Waals surface area contributed by atoms with E-state index in [4.69, 9.17) is 5.11 Å². The first-order valence-corrected chi connectivity index (χ1v) is 6.99. The van der Waals surface area contributed by atoms with Crippen LogP contribution in [0, 0.1) is 3.57 Å². The molecule has 0 aliphatic rings. The molecule has 1 aromatic carbocycles. The van der Waals surface area contributed by atoms with E-state index in [-0.39, 0.29) is 12.5 Å². The molecule has 0 heterocycles. The Morgan fingerprint density at radius 3 is 2.63 bits per heavy atom. The molecule has 0 radical (unpaired) electrons. The molecule has 0 saturated heterocycles. The Bertz CT molecular complexity index is 479. The maximum absolute atomic E-state index is 11.7. The minimum absolute atomic E-state index is 0.0396. The van der Waals surface area contributed by atoms with Crippen LogP contribution >= 0.6 is 22.6 Å². The fourth-order valence-electron chi connectivity index (χ4n) is 1.40. The summed E-state index contributed by atoms with van der Waals surface area (Å²) in [5.41, 5.74) is -0.380. The van der Waals surface area contributed by atoms with Gasteiger partial charge in [0.1, 0.15) is 5.54 Å². The van der Waals surface area contributed by atoms with Crippen molar-refractivity contribution in [2.45, 2.75) is 25.8 Å². The first kappa shape index (κ1) is 15.9. The average Bonchev–Trinajstić information content (AvgIpc) is 2.35. The molecule has 6 heteroatoms. The van der Waals surface area contributed by atoms with Gasteiger partial charge in [-0.15, -0.1) is 0 Å². The second-order valence-corrected chi connectivity index (χ2v) is 5.65. The summed E-state index contributed by atoms with van der Waals surface area (Å²) < 4.78 is 1.02. The molecule has 0 aromatic heterocycles. The normalized spacial score (nSPS) is 13.6. The van der Waals surface area contributed by atoms with Gasteiger partial charge in [-0.1, -0.05) is 13.0 Å². The molecule has 3 N–H and O–H groups in total. The van der Waals surface area contributed by atoms with Crippen LogP contribution in [0.25, 0.3) is 0 Å². The Kier molecular flexibility index (Phi) is 5.74. The summed E-state index contributed by atoms with van der Waals surface area (Å²) in [6, 6.07) is 7.40. The van der Waals surface area contributed by atoms with Gasteiger partial charge < -0.3 is 10.4 Å². The van der Waals surface area contributed by atoms with E-state index >= 15 is 0 Å². The van der Waals surface area contributed by atoms with E-state index in [1.807, 2.05) is 18.2 Å². The highest BCUT2D eigenvalue weighted by molar-refractivity contribution is 14.1. The maximum atomic E-state index is 11.7. The molecule has 19 heavy (non-hydrogen) atoms. The lowest BCUT2D eigenvalue weighted by atomic mass is 9.99. The van der Waals surface area contributed by atoms with Crippen molar-refractivity contribution < 1.29 is 14.7 Å². The quantitative estimate of drug-likeness (QED) is 0.665. The topological polar surface area (TPSA) is 78.4 Å². The number of hydrogen-bond acceptors (Lipinski definition) is 3. The number of aliphatic carboxylic acids is 1. The van der Waals surface area contributed by atoms with Crippen LogP contribution in [0.5, 0.6) is 0 Å². The number of rotatable bonds is 6. The van der Waals surface area contributed by atoms with Crippen LogP contribution in [0.3, 0.4) is 0 Å². The zero-order valence-electron chi connectivity index (χ0n) is 10.9. The van der Waals surface area contributed by atoms with Crippen molar-refractivity contribution in [3.05, 3.63) is 27.8 Å². The molecule has 0 aliphatic heterocycles. The van der Waals surface area contributed by atoms with Crippen LogP contribution in [-0.4, -0.2) is 29.1 Å². The third-order valence-corrected chi connectivity index (χ3v) is 3.60. The third-order valence-electron chi connectivity index (χ3n) is 2.93. The molecular weight excluding hydrogens is 359 g/mol. The maximum Gasteiger partial charge on any atom is 0.323 e. The van der Waals surface area contributed by atoms with Crippen LogP contribution in [0.4, 0.5) is 5.69 Å². The Labute approximate surface area is 125 Å². The van der Waals surface area contributed by atoms with E-state index in [0.717, 1.165) is 3.57 Å². The van der Waals surface area contributed by atoms with Gasteiger partial charge in [-0.25, -0.2) is 0 Å². The fraction of sp³-hybridized carbons (Fsp3) is 0.385. The third kappa shape index (κ3) is 4.79. The number of benzene rings is 1. The van der Waals surface area contributed by atoms with Crippen molar-refractivity contribution in [2.75, 3.05) is 11.9 Å². The van der Waals surface area contributed by atoms with Crippen LogP contribution in [-0.2, 0) is 9.59 Å². The molecule has 5 nitrogen and oxygen atoms in total. The van der Waals surface area contributed by atoms with E-state index in [1.165, 1.54) is 0 Å². The zero-order chi connectivity index (χ0) is 14.5. The highest BCUT2D eigenvalue weighted by Gasteiger charge is 2.30. The van der Waals surface area contributed by atoms with Crippen LogP contribution < -0.4 is 10.6 Å². The molecule has 0 bridgehead atoms. The highest BCUT2D eigenvalue weighted by Crippen LogP contribution is 2.12. The monoisotopic (exact) mass is 376 g/mol. The van der Waals surface area contributed by atoms with Crippen molar-refractivity contribution in [3.8, 4) is 0 Å². The molecule has 0 fully saturated rings.